The highest BCUT2D eigenvalue weighted by molar-refractivity contribution is 7.99. The maximum atomic E-state index is 11.9. The molecule has 1 N–H and O–H groups in total. The molecule has 1 aromatic carbocycles. The highest BCUT2D eigenvalue weighted by atomic mass is 32.2. The van der Waals surface area contributed by atoms with E-state index in [1.165, 1.54) is 18.0 Å². The smallest absolute Gasteiger partial charge is 0.250 e. The maximum absolute atomic E-state index is 11.9. The molecule has 0 saturated heterocycles. The van der Waals surface area contributed by atoms with Gasteiger partial charge >= 0.3 is 0 Å². The molecule has 1 amide bonds. The van der Waals surface area contributed by atoms with Gasteiger partial charge in [0.15, 0.2) is 11.0 Å². The van der Waals surface area contributed by atoms with E-state index in [-0.39, 0.29) is 11.7 Å². The van der Waals surface area contributed by atoms with Crippen LogP contribution in [-0.4, -0.2) is 32.6 Å². The molecule has 3 rings (SSSR count). The molecular formula is C19H19N5O2S. The Bertz CT molecular complexity index is 917. The number of aromatic nitrogens is 3. The number of hydrogen-bond donors (Lipinski definition) is 1. The van der Waals surface area contributed by atoms with Gasteiger partial charge in [0.25, 0.3) is 5.91 Å². The topological polar surface area (TPSA) is 85.3 Å². The van der Waals surface area contributed by atoms with Gasteiger partial charge in [-0.2, -0.15) is 5.10 Å². The summed E-state index contributed by atoms with van der Waals surface area (Å²) in [6.07, 6.45) is 6.52. The second-order valence-electron chi connectivity index (χ2n) is 5.39. The minimum Gasteiger partial charge on any atom is -0.465 e. The fourth-order valence-electron chi connectivity index (χ4n) is 2.32. The Morgan fingerprint density at radius 1 is 1.26 bits per heavy atom. The van der Waals surface area contributed by atoms with Crippen LogP contribution in [0.4, 0.5) is 0 Å². The van der Waals surface area contributed by atoms with Crippen molar-refractivity contribution in [2.75, 3.05) is 5.75 Å². The van der Waals surface area contributed by atoms with E-state index in [0.29, 0.717) is 5.16 Å². The average Bonchev–Trinajstić information content (AvgIpc) is 3.36. The molecule has 0 radical (unpaired) electrons. The highest BCUT2D eigenvalue weighted by Crippen LogP contribution is 2.23. The molecule has 0 fully saturated rings. The molecule has 0 aliphatic rings. The molecule has 0 bridgehead atoms. The monoisotopic (exact) mass is 381 g/mol. The Kier molecular flexibility index (Phi) is 6.59. The van der Waals surface area contributed by atoms with E-state index in [1.807, 2.05) is 47.9 Å². The Morgan fingerprint density at radius 2 is 2.11 bits per heavy atom. The number of hydrogen-bond acceptors (Lipinski definition) is 6. The lowest BCUT2D eigenvalue weighted by Crippen LogP contribution is -2.19. The molecule has 2 heterocycles. The zero-order valence-electron chi connectivity index (χ0n) is 14.8. The van der Waals surface area contributed by atoms with Crippen LogP contribution in [0, 0.1) is 0 Å². The summed E-state index contributed by atoms with van der Waals surface area (Å²) < 4.78 is 7.14. The van der Waals surface area contributed by atoms with Crippen LogP contribution in [0.5, 0.6) is 0 Å². The first kappa shape index (κ1) is 18.7. The van der Waals surface area contributed by atoms with Gasteiger partial charge in [0.2, 0.25) is 0 Å². The number of nitrogens with zero attached hydrogens (tertiary/aromatic N) is 4. The van der Waals surface area contributed by atoms with Gasteiger partial charge in [-0.3, -0.25) is 4.79 Å². The number of thioether (sulfide) groups is 1. The molecule has 0 aliphatic carbocycles. The van der Waals surface area contributed by atoms with Gasteiger partial charge in [-0.1, -0.05) is 42.1 Å². The van der Waals surface area contributed by atoms with Crippen molar-refractivity contribution in [1.82, 2.24) is 20.2 Å². The van der Waals surface area contributed by atoms with Crippen LogP contribution in [0.1, 0.15) is 12.7 Å². The Labute approximate surface area is 161 Å². The molecule has 138 valence electrons. The molecule has 8 heteroatoms. The van der Waals surface area contributed by atoms with Gasteiger partial charge < -0.3 is 8.98 Å². The second kappa shape index (κ2) is 9.54. The van der Waals surface area contributed by atoms with Crippen molar-refractivity contribution in [3.05, 3.63) is 60.6 Å². The predicted molar refractivity (Wildman–Crippen MR) is 106 cm³/mol. The molecule has 27 heavy (non-hydrogen) atoms. The third kappa shape index (κ3) is 5.18. The van der Waals surface area contributed by atoms with Crippen LogP contribution in [0.25, 0.3) is 17.5 Å². The van der Waals surface area contributed by atoms with E-state index in [1.54, 1.807) is 24.5 Å². The summed E-state index contributed by atoms with van der Waals surface area (Å²) in [5.41, 5.74) is 3.48. The van der Waals surface area contributed by atoms with Gasteiger partial charge in [0.1, 0.15) is 5.76 Å². The Balaban J connectivity index is 1.52. The first-order valence-corrected chi connectivity index (χ1v) is 9.40. The van der Waals surface area contributed by atoms with Crippen molar-refractivity contribution in [3.63, 3.8) is 0 Å². The predicted octanol–water partition coefficient (Wildman–Crippen LogP) is 3.47. The standard InChI is InChI=1S/C19H19N5O2S/c1-2-24-18(15-8-4-3-5-9-15)22-23-19(24)27-14-17(25)21-20-12-6-10-16-11-7-13-26-16/h3-13H,2,14H2,1H3,(H,21,25)/b10-6-,20-12-. The summed E-state index contributed by atoms with van der Waals surface area (Å²) in [5.74, 6) is 1.50. The molecule has 7 nitrogen and oxygen atoms in total. The number of carbonyl (C=O) groups is 1. The zero-order chi connectivity index (χ0) is 18.9. The number of amides is 1. The summed E-state index contributed by atoms with van der Waals surface area (Å²) in [4.78, 5) is 11.9. The van der Waals surface area contributed by atoms with Crippen molar-refractivity contribution in [3.8, 4) is 11.4 Å². The van der Waals surface area contributed by atoms with Gasteiger partial charge in [0.05, 0.1) is 12.0 Å². The first-order chi connectivity index (χ1) is 13.3. The number of hydrazone groups is 1. The Morgan fingerprint density at radius 3 is 2.85 bits per heavy atom. The molecule has 0 aliphatic heterocycles. The van der Waals surface area contributed by atoms with Gasteiger partial charge in [-0.15, -0.1) is 10.2 Å². The van der Waals surface area contributed by atoms with Crippen molar-refractivity contribution in [2.24, 2.45) is 5.10 Å². The molecule has 0 spiro atoms. The van der Waals surface area contributed by atoms with E-state index < -0.39 is 0 Å². The summed E-state index contributed by atoms with van der Waals surface area (Å²) in [6.45, 7) is 2.74. The van der Waals surface area contributed by atoms with Crippen molar-refractivity contribution < 1.29 is 9.21 Å². The van der Waals surface area contributed by atoms with E-state index in [9.17, 15) is 4.79 Å². The third-order valence-electron chi connectivity index (χ3n) is 3.55. The van der Waals surface area contributed by atoms with E-state index >= 15 is 0 Å². The maximum Gasteiger partial charge on any atom is 0.250 e. The average molecular weight is 381 g/mol. The fraction of sp³-hybridized carbons (Fsp3) is 0.158. The van der Waals surface area contributed by atoms with Gasteiger partial charge in [-0.05, 0) is 31.2 Å². The van der Waals surface area contributed by atoms with E-state index in [0.717, 1.165) is 23.7 Å². The lowest BCUT2D eigenvalue weighted by molar-refractivity contribution is -0.118. The molecule has 3 aromatic rings. The number of benzene rings is 1. The Hall–Kier alpha value is -3.13. The number of nitrogens with one attached hydrogen (secondary N) is 1. The van der Waals surface area contributed by atoms with Gasteiger partial charge in [0, 0.05) is 18.3 Å². The molecule has 0 atom stereocenters. The van der Waals surface area contributed by atoms with Crippen LogP contribution in [0.3, 0.4) is 0 Å². The quantitative estimate of drug-likeness (QED) is 0.367. The van der Waals surface area contributed by atoms with Crippen LogP contribution < -0.4 is 5.43 Å². The van der Waals surface area contributed by atoms with Crippen molar-refractivity contribution in [1.29, 1.82) is 0 Å². The number of allylic oxidation sites excluding steroid dienone is 1. The van der Waals surface area contributed by atoms with Gasteiger partial charge in [-0.25, -0.2) is 5.43 Å². The first-order valence-electron chi connectivity index (χ1n) is 8.41. The summed E-state index contributed by atoms with van der Waals surface area (Å²) in [7, 11) is 0. The molecule has 2 aromatic heterocycles. The summed E-state index contributed by atoms with van der Waals surface area (Å²) in [5, 5.41) is 13.0. The van der Waals surface area contributed by atoms with Crippen LogP contribution in [-0.2, 0) is 11.3 Å². The second-order valence-corrected chi connectivity index (χ2v) is 6.34. The third-order valence-corrected chi connectivity index (χ3v) is 4.52. The highest BCUT2D eigenvalue weighted by Gasteiger charge is 2.14. The molecular weight excluding hydrogens is 362 g/mol. The van der Waals surface area contributed by atoms with Crippen molar-refractivity contribution >= 4 is 30.0 Å². The summed E-state index contributed by atoms with van der Waals surface area (Å²) in [6, 6.07) is 13.5. The zero-order valence-corrected chi connectivity index (χ0v) is 15.6. The molecule has 0 saturated carbocycles. The largest absolute Gasteiger partial charge is 0.465 e. The van der Waals surface area contributed by atoms with E-state index in [2.05, 4.69) is 20.7 Å². The fourth-order valence-corrected chi connectivity index (χ4v) is 3.11. The minimum absolute atomic E-state index is 0.201. The van der Waals surface area contributed by atoms with Crippen LogP contribution in [0.15, 0.2) is 69.5 Å². The number of rotatable bonds is 8. The lowest BCUT2D eigenvalue weighted by atomic mass is 10.2. The molecule has 0 unspecified atom stereocenters. The number of carbonyl (C=O) groups excluding carboxylic acids is 1. The number of furan rings is 1. The van der Waals surface area contributed by atoms with Crippen molar-refractivity contribution in [2.45, 2.75) is 18.6 Å². The van der Waals surface area contributed by atoms with Crippen LogP contribution in [0.2, 0.25) is 0 Å². The lowest BCUT2D eigenvalue weighted by Gasteiger charge is -2.06. The van der Waals surface area contributed by atoms with Crippen LogP contribution >= 0.6 is 11.8 Å². The summed E-state index contributed by atoms with van der Waals surface area (Å²) >= 11 is 1.33. The minimum atomic E-state index is -0.213. The van der Waals surface area contributed by atoms with E-state index in [4.69, 9.17) is 4.42 Å². The SMILES string of the molecule is CCn1c(SCC(=O)N/N=C\C=C/c2ccco2)nnc1-c1ccccc1. The normalized spacial score (nSPS) is 11.4.